The summed E-state index contributed by atoms with van der Waals surface area (Å²) >= 11 is 0. The Morgan fingerprint density at radius 3 is 1.09 bits per heavy atom. The second kappa shape index (κ2) is 33.6. The van der Waals surface area contributed by atoms with Crippen molar-refractivity contribution in [1.29, 1.82) is 0 Å². The Bertz CT molecular complexity index is 3660. The van der Waals surface area contributed by atoms with E-state index < -0.39 is 0 Å². The average molecular weight is 1180 g/mol. The molecule has 0 aliphatic heterocycles. The van der Waals surface area contributed by atoms with Crippen LogP contribution in [-0.2, 0) is 79.5 Å². The van der Waals surface area contributed by atoms with Gasteiger partial charge in [-0.05, 0) is 44.5 Å². The molecular weight excluding hydrogens is 1090 g/mol. The van der Waals surface area contributed by atoms with E-state index >= 15 is 0 Å². The van der Waals surface area contributed by atoms with Crippen molar-refractivity contribution in [1.82, 2.24) is 0 Å². The van der Waals surface area contributed by atoms with Gasteiger partial charge in [0.15, 0.2) is 12.4 Å². The van der Waals surface area contributed by atoms with Gasteiger partial charge in [0, 0.05) is 77.6 Å². The zero-order valence-electron chi connectivity index (χ0n) is 49.5. The van der Waals surface area contributed by atoms with Crippen LogP contribution in [0, 0.1) is 38.1 Å². The molecule has 0 atom stereocenters. The molecule has 78 heavy (non-hydrogen) atoms. The van der Waals surface area contributed by atoms with Crippen LogP contribution in [0.2, 0.25) is 0 Å². The fourth-order valence-corrected chi connectivity index (χ4v) is 9.64. The summed E-state index contributed by atoms with van der Waals surface area (Å²) in [7, 11) is 4.16. The van der Waals surface area contributed by atoms with Crippen molar-refractivity contribution in [2.45, 2.75) is 96.9 Å². The maximum atomic E-state index is 3.74. The molecule has 2 heterocycles. The van der Waals surface area contributed by atoms with Crippen LogP contribution in [0.25, 0.3) is 109 Å². The van der Waals surface area contributed by atoms with Crippen molar-refractivity contribution < 1.29 is 74.6 Å². The van der Waals surface area contributed by atoms with Crippen LogP contribution in [0.4, 0.5) is 0 Å². The van der Waals surface area contributed by atoms with E-state index in [1.807, 2.05) is 83.1 Å². The summed E-state index contributed by atoms with van der Waals surface area (Å²) in [6.07, 6.45) is 4.16. The van der Waals surface area contributed by atoms with Gasteiger partial charge in [-0.25, -0.2) is 20.3 Å². The predicted molar refractivity (Wildman–Crippen MR) is 335 cm³/mol. The zero-order chi connectivity index (χ0) is 55.3. The van der Waals surface area contributed by atoms with Crippen LogP contribution in [0.1, 0.15) is 94.2 Å². The molecule has 12 rings (SSSR count). The third-order valence-corrected chi connectivity index (χ3v) is 12.9. The number of pyridine rings is 2. The molecule has 0 unspecified atom stereocenters. The number of nitrogens with zero attached hydrogens (tertiary/aromatic N) is 2. The maximum absolute atomic E-state index is 3.74. The number of aryl methyl sites for hydroxylation is 4. The van der Waals surface area contributed by atoms with Crippen molar-refractivity contribution >= 4 is 64.6 Å². The van der Waals surface area contributed by atoms with Crippen LogP contribution < -0.4 is 9.13 Å². The number of aromatic nitrogens is 2. The third-order valence-electron chi connectivity index (χ3n) is 12.9. The van der Waals surface area contributed by atoms with Gasteiger partial charge in [-0.3, -0.25) is 0 Å². The standard InChI is InChI=1S/2C31H22N.6C2H6.2Y/c1-21-17-18-22(20-29(21)30-16-7-8-19-32(30)2)23-14-9-15-28-26-11-4-3-10-24(26)25-12-5-6-13-27(25)31(23)28;1-21-14-15-22(19-29(21)31-13-7-8-18-32(31)2)23-16-17-28-26-11-4-3-9-24(26)25-10-5-6-12-27(25)30(28)20-23;6*1-2;;/h3-13,15-19H,1-2H3;3-15,17-18,20H,1-2H3;6*1-2H3;;/q2*-1;;;;;;;;. The molecule has 0 aliphatic carbocycles. The monoisotopic (exact) mass is 1170 g/mol. The maximum Gasteiger partial charge on any atom is 0.161 e. The second-order valence-electron chi connectivity index (χ2n) is 16.8. The Kier molecular flexibility index (Phi) is 28.7. The fraction of sp³-hybridized carbons (Fsp3) is 0.216. The normalized spacial score (nSPS) is 9.85. The number of hydrogen-bond acceptors (Lipinski definition) is 0. The molecular formula is C74H80N2Y2-2. The summed E-state index contributed by atoms with van der Waals surface area (Å²) in [6.45, 7) is 28.3. The first-order valence-corrected chi connectivity index (χ1v) is 27.9. The molecule has 10 aromatic carbocycles. The number of hydrogen-bond donors (Lipinski definition) is 0. The SMILES string of the molecule is CC.CC.CC.CC.CC.CC.Cc1ccc(-c2[c-]cc3c4ccccc4c4ccccc4c3c2)[c-]c1-c1cccc[n+]1C.Cc1ccc(-c2[c-]ccc3c4ccccc4c4ccccc4c23)[c-]c1-c1cccc[n+]1C.[Y].[Y]. The van der Waals surface area contributed by atoms with Crippen LogP contribution >= 0.6 is 0 Å². The Balaban J connectivity index is 0.000000338. The van der Waals surface area contributed by atoms with Crippen molar-refractivity contribution in [3.63, 3.8) is 0 Å². The molecule has 0 spiro atoms. The van der Waals surface area contributed by atoms with E-state index in [1.54, 1.807) is 0 Å². The van der Waals surface area contributed by atoms with Crippen LogP contribution in [0.15, 0.2) is 194 Å². The summed E-state index contributed by atoms with van der Waals surface area (Å²) < 4.78 is 4.30. The molecule has 4 heteroatoms. The molecule has 0 N–H and O–H groups in total. The summed E-state index contributed by atoms with van der Waals surface area (Å²) in [4.78, 5) is 0. The Labute approximate surface area is 519 Å². The summed E-state index contributed by atoms with van der Waals surface area (Å²) in [6, 6.07) is 79.2. The van der Waals surface area contributed by atoms with E-state index in [4.69, 9.17) is 0 Å². The van der Waals surface area contributed by atoms with Gasteiger partial charge in [-0.2, -0.15) is 59.7 Å². The molecule has 12 aromatic rings. The van der Waals surface area contributed by atoms with Gasteiger partial charge in [0.1, 0.15) is 25.5 Å². The number of benzene rings is 10. The Hall–Kier alpha value is -5.73. The molecule has 2 radical (unpaired) electrons. The van der Waals surface area contributed by atoms with E-state index in [2.05, 4.69) is 256 Å². The minimum absolute atomic E-state index is 0. The first-order chi connectivity index (χ1) is 37.4. The first kappa shape index (κ1) is 66.5. The van der Waals surface area contributed by atoms with E-state index in [1.165, 1.54) is 75.8 Å². The van der Waals surface area contributed by atoms with Gasteiger partial charge in [-0.1, -0.05) is 244 Å². The van der Waals surface area contributed by atoms with Gasteiger partial charge in [-0.15, -0.1) is 40.8 Å². The van der Waals surface area contributed by atoms with E-state index in [0.29, 0.717) is 0 Å². The van der Waals surface area contributed by atoms with E-state index in [0.717, 1.165) is 44.8 Å². The molecule has 394 valence electrons. The molecule has 2 nitrogen and oxygen atoms in total. The minimum Gasteiger partial charge on any atom is -0.234 e. The smallest absolute Gasteiger partial charge is 0.161 e. The molecule has 0 bridgehead atoms. The average Bonchev–Trinajstić information content (AvgIpc) is 3.52. The quantitative estimate of drug-likeness (QED) is 0.0943. The fourth-order valence-electron chi connectivity index (χ4n) is 9.64. The summed E-state index contributed by atoms with van der Waals surface area (Å²) in [5, 5.41) is 15.2. The predicted octanol–water partition coefficient (Wildman–Crippen LogP) is 20.6. The van der Waals surface area contributed by atoms with Crippen molar-refractivity contribution in [2.24, 2.45) is 14.1 Å². The number of rotatable bonds is 4. The van der Waals surface area contributed by atoms with Crippen LogP contribution in [0.5, 0.6) is 0 Å². The zero-order valence-corrected chi connectivity index (χ0v) is 55.2. The molecule has 0 fully saturated rings. The topological polar surface area (TPSA) is 7.76 Å². The van der Waals surface area contributed by atoms with Gasteiger partial charge in [0.2, 0.25) is 0 Å². The molecule has 0 saturated heterocycles. The third kappa shape index (κ3) is 14.4. The van der Waals surface area contributed by atoms with Crippen molar-refractivity contribution in [3.05, 3.63) is 230 Å². The Morgan fingerprint density at radius 2 is 0.654 bits per heavy atom. The van der Waals surface area contributed by atoms with Crippen molar-refractivity contribution in [2.75, 3.05) is 0 Å². The largest absolute Gasteiger partial charge is 0.234 e. The summed E-state index contributed by atoms with van der Waals surface area (Å²) in [5.41, 5.74) is 11.3. The van der Waals surface area contributed by atoms with Gasteiger partial charge in [0.05, 0.1) is 0 Å². The molecule has 2 aromatic heterocycles. The molecule has 0 saturated carbocycles. The minimum atomic E-state index is 0. The van der Waals surface area contributed by atoms with E-state index in [9.17, 15) is 0 Å². The van der Waals surface area contributed by atoms with Gasteiger partial charge < -0.3 is 0 Å². The second-order valence-corrected chi connectivity index (χ2v) is 16.8. The van der Waals surface area contributed by atoms with Crippen molar-refractivity contribution in [3.8, 4) is 44.8 Å². The molecule has 0 aliphatic rings. The van der Waals surface area contributed by atoms with Gasteiger partial charge >= 0.3 is 0 Å². The van der Waals surface area contributed by atoms with Gasteiger partial charge in [0.25, 0.3) is 0 Å². The van der Waals surface area contributed by atoms with E-state index in [-0.39, 0.29) is 65.4 Å². The first-order valence-electron chi connectivity index (χ1n) is 27.9. The Morgan fingerprint density at radius 1 is 0.308 bits per heavy atom. The molecule has 0 amide bonds. The number of fused-ring (bicyclic) bond motifs is 12. The summed E-state index contributed by atoms with van der Waals surface area (Å²) in [5.74, 6) is 0. The van der Waals surface area contributed by atoms with Crippen LogP contribution in [-0.4, -0.2) is 0 Å². The van der Waals surface area contributed by atoms with Crippen LogP contribution in [0.3, 0.4) is 0 Å².